The Balaban J connectivity index is 1.59. The second kappa shape index (κ2) is 9.82. The van der Waals surface area contributed by atoms with Crippen LogP contribution in [0.15, 0.2) is 18.2 Å². The van der Waals surface area contributed by atoms with E-state index in [1.165, 1.54) is 4.90 Å². The zero-order chi connectivity index (χ0) is 20.8. The highest BCUT2D eigenvalue weighted by Crippen LogP contribution is 2.32. The van der Waals surface area contributed by atoms with Gasteiger partial charge < -0.3 is 19.7 Å². The van der Waals surface area contributed by atoms with Crippen molar-refractivity contribution in [1.29, 1.82) is 0 Å². The summed E-state index contributed by atoms with van der Waals surface area (Å²) in [5, 5.41) is 5.01. The minimum atomic E-state index is -0.701. The lowest BCUT2D eigenvalue weighted by atomic mass is 10.0. The Morgan fingerprint density at radius 3 is 2.76 bits per heavy atom. The number of imide groups is 1. The monoisotopic (exact) mass is 423 g/mol. The van der Waals surface area contributed by atoms with Gasteiger partial charge in [-0.1, -0.05) is 6.07 Å². The first-order valence-corrected chi connectivity index (χ1v) is 9.82. The predicted octanol–water partition coefficient (Wildman–Crippen LogP) is 0.658. The van der Waals surface area contributed by atoms with Gasteiger partial charge in [0, 0.05) is 35.7 Å². The minimum Gasteiger partial charge on any atom is -0.378 e. The fourth-order valence-corrected chi connectivity index (χ4v) is 3.44. The Hall–Kier alpha value is -2.49. The number of carbonyl (C=O) groups excluding carboxylic acids is 4. The van der Waals surface area contributed by atoms with E-state index >= 15 is 0 Å². The van der Waals surface area contributed by atoms with Gasteiger partial charge in [0.05, 0.1) is 19.8 Å². The largest absolute Gasteiger partial charge is 0.378 e. The second-order valence-electron chi connectivity index (χ2n) is 6.63. The molecule has 0 spiro atoms. The summed E-state index contributed by atoms with van der Waals surface area (Å²) in [5.74, 6) is -1.07. The molecule has 9 nitrogen and oxygen atoms in total. The molecule has 1 fully saturated rings. The van der Waals surface area contributed by atoms with Crippen molar-refractivity contribution >= 4 is 40.9 Å². The van der Waals surface area contributed by atoms with Crippen LogP contribution in [0.1, 0.15) is 28.8 Å². The standard InChI is InChI=1S/C19H22ClN3O6/c20-6-7-28-8-9-29-11-17(25)21-14-3-1-2-12-13(14)10-23(19(12)27)15-4-5-16(24)22-18(15)26/h1-3,15H,4-11H2,(H,21,25)(H,22,24,26). The number of ether oxygens (including phenoxy) is 2. The zero-order valence-electron chi connectivity index (χ0n) is 15.7. The number of hydrogen-bond acceptors (Lipinski definition) is 6. The Kier molecular flexibility index (Phi) is 7.18. The molecule has 29 heavy (non-hydrogen) atoms. The SMILES string of the molecule is O=C1CCC(N2Cc3c(NC(=O)COCCOCCCl)cccc3C2=O)C(=O)N1. The van der Waals surface area contributed by atoms with Crippen molar-refractivity contribution in [2.45, 2.75) is 25.4 Å². The van der Waals surface area contributed by atoms with E-state index in [0.717, 1.165) is 0 Å². The number of amides is 4. The van der Waals surface area contributed by atoms with E-state index < -0.39 is 11.9 Å². The van der Waals surface area contributed by atoms with Gasteiger partial charge >= 0.3 is 0 Å². The molecule has 156 valence electrons. The number of nitrogens with one attached hydrogen (secondary N) is 2. The average molecular weight is 424 g/mol. The lowest BCUT2D eigenvalue weighted by Gasteiger charge is -2.29. The Bertz CT molecular complexity index is 815. The molecule has 2 aliphatic heterocycles. The number of benzene rings is 1. The maximum absolute atomic E-state index is 12.8. The summed E-state index contributed by atoms with van der Waals surface area (Å²) in [7, 11) is 0. The molecule has 0 saturated carbocycles. The topological polar surface area (TPSA) is 114 Å². The van der Waals surface area contributed by atoms with E-state index in [9.17, 15) is 19.2 Å². The summed E-state index contributed by atoms with van der Waals surface area (Å²) < 4.78 is 10.4. The van der Waals surface area contributed by atoms with Crippen molar-refractivity contribution in [3.63, 3.8) is 0 Å². The molecule has 1 aromatic rings. The lowest BCUT2D eigenvalue weighted by Crippen LogP contribution is -2.52. The summed E-state index contributed by atoms with van der Waals surface area (Å²) in [6.45, 7) is 1.06. The van der Waals surface area contributed by atoms with Gasteiger partial charge in [0.25, 0.3) is 5.91 Å². The number of fused-ring (bicyclic) bond motifs is 1. The van der Waals surface area contributed by atoms with Crippen LogP contribution in [-0.2, 0) is 30.4 Å². The van der Waals surface area contributed by atoms with Gasteiger partial charge in [0.2, 0.25) is 17.7 Å². The number of halogens is 1. The van der Waals surface area contributed by atoms with Crippen LogP contribution < -0.4 is 10.6 Å². The molecule has 2 aliphatic rings. The van der Waals surface area contributed by atoms with Crippen molar-refractivity contribution in [1.82, 2.24) is 10.2 Å². The number of alkyl halides is 1. The van der Waals surface area contributed by atoms with Gasteiger partial charge in [0.1, 0.15) is 12.6 Å². The molecule has 0 aromatic heterocycles. The van der Waals surface area contributed by atoms with Crippen molar-refractivity contribution in [3.8, 4) is 0 Å². The number of piperidine rings is 1. The maximum Gasteiger partial charge on any atom is 0.255 e. The molecule has 0 bridgehead atoms. The molecule has 1 saturated heterocycles. The van der Waals surface area contributed by atoms with Crippen LogP contribution in [0, 0.1) is 0 Å². The van der Waals surface area contributed by atoms with Gasteiger partial charge in [-0.2, -0.15) is 0 Å². The van der Waals surface area contributed by atoms with Crippen LogP contribution in [0.4, 0.5) is 5.69 Å². The molecular formula is C19H22ClN3O6. The van der Waals surface area contributed by atoms with E-state index in [1.807, 2.05) is 0 Å². The number of carbonyl (C=O) groups is 4. The Labute approximate surface area is 172 Å². The van der Waals surface area contributed by atoms with Gasteiger partial charge in [-0.05, 0) is 18.6 Å². The molecule has 1 atom stereocenters. The molecule has 10 heteroatoms. The van der Waals surface area contributed by atoms with E-state index in [0.29, 0.717) is 35.9 Å². The summed E-state index contributed by atoms with van der Waals surface area (Å²) >= 11 is 5.49. The first kappa shape index (κ1) is 21.2. The fourth-order valence-electron chi connectivity index (χ4n) is 3.33. The van der Waals surface area contributed by atoms with Crippen LogP contribution in [-0.4, -0.2) is 66.9 Å². The molecule has 2 heterocycles. The third-order valence-corrected chi connectivity index (χ3v) is 4.84. The van der Waals surface area contributed by atoms with Gasteiger partial charge in [0.15, 0.2) is 0 Å². The highest BCUT2D eigenvalue weighted by Gasteiger charge is 2.39. The molecule has 3 rings (SSSR count). The minimum absolute atomic E-state index is 0.154. The van der Waals surface area contributed by atoms with Crippen LogP contribution in [0.5, 0.6) is 0 Å². The van der Waals surface area contributed by atoms with E-state index in [4.69, 9.17) is 21.1 Å². The van der Waals surface area contributed by atoms with E-state index in [1.54, 1.807) is 18.2 Å². The van der Waals surface area contributed by atoms with Gasteiger partial charge in [-0.3, -0.25) is 24.5 Å². The summed E-state index contributed by atoms with van der Waals surface area (Å²) in [4.78, 5) is 49.8. The van der Waals surface area contributed by atoms with E-state index in [-0.39, 0.29) is 50.3 Å². The Morgan fingerprint density at radius 2 is 2.00 bits per heavy atom. The number of nitrogens with zero attached hydrogens (tertiary/aromatic N) is 1. The lowest BCUT2D eigenvalue weighted by molar-refractivity contribution is -0.137. The van der Waals surface area contributed by atoms with Crippen LogP contribution in [0.2, 0.25) is 0 Å². The number of rotatable bonds is 9. The first-order valence-electron chi connectivity index (χ1n) is 9.29. The summed E-state index contributed by atoms with van der Waals surface area (Å²) in [6, 6.07) is 4.32. The molecule has 0 radical (unpaired) electrons. The smallest absolute Gasteiger partial charge is 0.255 e. The highest BCUT2D eigenvalue weighted by atomic mass is 35.5. The predicted molar refractivity (Wildman–Crippen MR) is 103 cm³/mol. The van der Waals surface area contributed by atoms with Crippen molar-refractivity contribution in [2.24, 2.45) is 0 Å². The highest BCUT2D eigenvalue weighted by molar-refractivity contribution is 6.18. The number of hydrogen-bond donors (Lipinski definition) is 2. The third-order valence-electron chi connectivity index (χ3n) is 4.68. The van der Waals surface area contributed by atoms with Gasteiger partial charge in [-0.25, -0.2) is 0 Å². The van der Waals surface area contributed by atoms with Crippen LogP contribution in [0.25, 0.3) is 0 Å². The van der Waals surface area contributed by atoms with Gasteiger partial charge in [-0.15, -0.1) is 11.6 Å². The normalized spacial score (nSPS) is 18.6. The summed E-state index contributed by atoms with van der Waals surface area (Å²) in [6.07, 6.45) is 0.470. The van der Waals surface area contributed by atoms with Crippen molar-refractivity contribution < 1.29 is 28.7 Å². The Morgan fingerprint density at radius 1 is 1.21 bits per heavy atom. The second-order valence-corrected chi connectivity index (χ2v) is 7.01. The van der Waals surface area contributed by atoms with Crippen molar-refractivity contribution in [2.75, 3.05) is 37.6 Å². The molecule has 1 aromatic carbocycles. The molecule has 1 unspecified atom stereocenters. The van der Waals surface area contributed by atoms with Crippen LogP contribution >= 0.6 is 11.6 Å². The maximum atomic E-state index is 12.8. The van der Waals surface area contributed by atoms with E-state index in [2.05, 4.69) is 10.6 Å². The zero-order valence-corrected chi connectivity index (χ0v) is 16.5. The molecule has 4 amide bonds. The summed E-state index contributed by atoms with van der Waals surface area (Å²) in [5.41, 5.74) is 1.57. The molecular weight excluding hydrogens is 402 g/mol. The molecule has 2 N–H and O–H groups in total. The average Bonchev–Trinajstić information content (AvgIpc) is 3.02. The molecule has 0 aliphatic carbocycles. The first-order chi connectivity index (χ1) is 14.0. The van der Waals surface area contributed by atoms with Crippen molar-refractivity contribution in [3.05, 3.63) is 29.3 Å². The third kappa shape index (κ3) is 5.11. The number of anilines is 1. The fraction of sp³-hybridized carbons (Fsp3) is 0.474. The van der Waals surface area contributed by atoms with Crippen LogP contribution in [0.3, 0.4) is 0 Å². The quantitative estimate of drug-likeness (QED) is 0.342.